The van der Waals surface area contributed by atoms with Crippen molar-refractivity contribution in [1.29, 1.82) is 0 Å². The number of rotatable bonds is 2. The summed E-state index contributed by atoms with van der Waals surface area (Å²) in [7, 11) is 0. The Morgan fingerprint density at radius 1 is 1.38 bits per heavy atom. The van der Waals surface area contributed by atoms with Crippen LogP contribution < -0.4 is 0 Å². The lowest BCUT2D eigenvalue weighted by Gasteiger charge is -2.01. The van der Waals surface area contributed by atoms with Crippen molar-refractivity contribution in [1.82, 2.24) is 0 Å². The van der Waals surface area contributed by atoms with Crippen LogP contribution in [0.2, 0.25) is 5.02 Å². The number of ketones is 1. The van der Waals surface area contributed by atoms with Crippen LogP contribution in [0.4, 0.5) is 0 Å². The molecule has 0 atom stereocenters. The predicted molar refractivity (Wildman–Crippen MR) is 79.6 cm³/mol. The van der Waals surface area contributed by atoms with E-state index in [9.17, 15) is 4.79 Å². The fraction of sp³-hybridized carbons (Fsp3) is 0. The second kappa shape index (κ2) is 5.16. The zero-order chi connectivity index (χ0) is 11.7. The Bertz CT molecular complexity index is 553. The average molecular weight is 427 g/mol. The molecule has 0 radical (unpaired) electrons. The second-order valence-electron chi connectivity index (χ2n) is 3.06. The van der Waals surface area contributed by atoms with Crippen LogP contribution >= 0.6 is 61.5 Å². The van der Waals surface area contributed by atoms with E-state index >= 15 is 0 Å². The van der Waals surface area contributed by atoms with Crippen LogP contribution in [-0.4, -0.2) is 5.78 Å². The van der Waals surface area contributed by atoms with Gasteiger partial charge in [0, 0.05) is 13.6 Å². The third-order valence-electron chi connectivity index (χ3n) is 2.01. The Hall–Kier alpha value is 0.0900. The molecule has 1 aromatic heterocycles. The summed E-state index contributed by atoms with van der Waals surface area (Å²) in [4.78, 5) is 12.8. The third kappa shape index (κ3) is 2.50. The quantitative estimate of drug-likeness (QED) is 0.487. The molecule has 0 spiro atoms. The molecule has 0 aliphatic rings. The van der Waals surface area contributed by atoms with E-state index in [2.05, 4.69) is 38.5 Å². The van der Waals surface area contributed by atoms with E-state index in [0.717, 1.165) is 8.04 Å². The lowest BCUT2D eigenvalue weighted by molar-refractivity contribution is 0.104. The molecule has 1 heterocycles. The van der Waals surface area contributed by atoms with Gasteiger partial charge in [0.05, 0.1) is 9.90 Å². The third-order valence-corrected chi connectivity index (χ3v) is 5.41. The number of halogens is 3. The Labute approximate surface area is 124 Å². The highest BCUT2D eigenvalue weighted by Gasteiger charge is 2.14. The summed E-state index contributed by atoms with van der Waals surface area (Å²) in [5.74, 6) is 0.000162. The Kier molecular flexibility index (Phi) is 4.05. The number of hydrogen-bond acceptors (Lipinski definition) is 2. The van der Waals surface area contributed by atoms with Gasteiger partial charge in [0.25, 0.3) is 0 Å². The van der Waals surface area contributed by atoms with Gasteiger partial charge in [0.1, 0.15) is 0 Å². The van der Waals surface area contributed by atoms with Gasteiger partial charge in [-0.1, -0.05) is 11.6 Å². The summed E-state index contributed by atoms with van der Waals surface area (Å²) >= 11 is 12.9. The van der Waals surface area contributed by atoms with Gasteiger partial charge in [0.15, 0.2) is 0 Å². The van der Waals surface area contributed by atoms with Crippen molar-refractivity contribution in [2.45, 2.75) is 0 Å². The van der Waals surface area contributed by atoms with E-state index < -0.39 is 0 Å². The van der Waals surface area contributed by atoms with Crippen molar-refractivity contribution >= 4 is 67.2 Å². The molecule has 0 saturated carbocycles. The molecule has 2 rings (SSSR count). The largest absolute Gasteiger partial charge is 0.288 e. The van der Waals surface area contributed by atoms with Gasteiger partial charge < -0.3 is 0 Å². The molecule has 0 aliphatic carbocycles. The topological polar surface area (TPSA) is 17.1 Å². The Balaban J connectivity index is 2.42. The van der Waals surface area contributed by atoms with Gasteiger partial charge in [0.2, 0.25) is 5.78 Å². The van der Waals surface area contributed by atoms with E-state index in [-0.39, 0.29) is 5.78 Å². The average Bonchev–Trinajstić information content (AvgIpc) is 2.67. The summed E-state index contributed by atoms with van der Waals surface area (Å²) in [6.45, 7) is 0. The molecule has 5 heteroatoms. The molecule has 1 aromatic carbocycles. The van der Waals surface area contributed by atoms with Crippen LogP contribution in [0.5, 0.6) is 0 Å². The van der Waals surface area contributed by atoms with Gasteiger partial charge in [-0.05, 0) is 68.2 Å². The Morgan fingerprint density at radius 3 is 2.69 bits per heavy atom. The van der Waals surface area contributed by atoms with Crippen molar-refractivity contribution in [2.75, 3.05) is 0 Å². The summed E-state index contributed by atoms with van der Waals surface area (Å²) < 4.78 is 1.78. The maximum absolute atomic E-state index is 12.1. The molecule has 0 unspecified atom stereocenters. The van der Waals surface area contributed by atoms with E-state index in [1.165, 1.54) is 11.3 Å². The molecule has 0 N–H and O–H groups in total. The predicted octanol–water partition coefficient (Wildman–Crippen LogP) is 5.00. The number of thiophene rings is 1. The zero-order valence-corrected chi connectivity index (χ0v) is 13.2. The minimum atomic E-state index is 0.000162. The summed E-state index contributed by atoms with van der Waals surface area (Å²) in [5.41, 5.74) is 0.619. The number of hydrogen-bond donors (Lipinski definition) is 0. The molecule has 0 aliphatic heterocycles. The first kappa shape index (κ1) is 12.5. The molecule has 0 fully saturated rings. The highest BCUT2D eigenvalue weighted by molar-refractivity contribution is 14.1. The SMILES string of the molecule is O=C(c1ccc(I)c(Cl)c1)c1sccc1Br. The van der Waals surface area contributed by atoms with E-state index in [4.69, 9.17) is 11.6 Å². The molecular formula is C11H5BrClIOS. The normalized spacial score (nSPS) is 10.4. The molecule has 0 amide bonds. The number of carbonyl (C=O) groups is 1. The van der Waals surface area contributed by atoms with Crippen molar-refractivity contribution in [2.24, 2.45) is 0 Å². The molecule has 0 bridgehead atoms. The highest BCUT2D eigenvalue weighted by atomic mass is 127. The van der Waals surface area contributed by atoms with Gasteiger partial charge in [-0.15, -0.1) is 11.3 Å². The van der Waals surface area contributed by atoms with Crippen LogP contribution in [0.1, 0.15) is 15.2 Å². The van der Waals surface area contributed by atoms with Crippen molar-refractivity contribution in [3.8, 4) is 0 Å². The minimum Gasteiger partial charge on any atom is -0.288 e. The smallest absolute Gasteiger partial charge is 0.204 e. The number of carbonyl (C=O) groups excluding carboxylic acids is 1. The van der Waals surface area contributed by atoms with Gasteiger partial charge in [-0.3, -0.25) is 4.79 Å². The summed E-state index contributed by atoms with van der Waals surface area (Å²) in [6.07, 6.45) is 0. The summed E-state index contributed by atoms with van der Waals surface area (Å²) in [5, 5.41) is 2.49. The van der Waals surface area contributed by atoms with Crippen LogP contribution in [0, 0.1) is 3.57 Å². The molecule has 1 nitrogen and oxygen atoms in total. The van der Waals surface area contributed by atoms with Gasteiger partial charge >= 0.3 is 0 Å². The standard InChI is InChI=1S/C11H5BrClIOS/c12-7-3-4-16-11(7)10(15)6-1-2-9(14)8(13)5-6/h1-5H. The molecule has 2 aromatic rings. The fourth-order valence-corrected chi connectivity index (χ4v) is 3.25. The van der Waals surface area contributed by atoms with E-state index in [0.29, 0.717) is 15.5 Å². The van der Waals surface area contributed by atoms with E-state index in [1.54, 1.807) is 12.1 Å². The van der Waals surface area contributed by atoms with Crippen molar-refractivity contribution < 1.29 is 4.79 Å². The minimum absolute atomic E-state index is 0.000162. The van der Waals surface area contributed by atoms with Gasteiger partial charge in [-0.2, -0.15) is 0 Å². The van der Waals surface area contributed by atoms with Crippen LogP contribution in [-0.2, 0) is 0 Å². The summed E-state index contributed by atoms with van der Waals surface area (Å²) in [6, 6.07) is 7.21. The number of benzene rings is 1. The van der Waals surface area contributed by atoms with Crippen molar-refractivity contribution in [3.05, 3.63) is 53.2 Å². The maximum Gasteiger partial charge on any atom is 0.204 e. The Morgan fingerprint density at radius 2 is 2.12 bits per heavy atom. The van der Waals surface area contributed by atoms with Crippen LogP contribution in [0.15, 0.2) is 34.1 Å². The van der Waals surface area contributed by atoms with E-state index in [1.807, 2.05) is 17.5 Å². The highest BCUT2D eigenvalue weighted by Crippen LogP contribution is 2.27. The van der Waals surface area contributed by atoms with Crippen LogP contribution in [0.3, 0.4) is 0 Å². The lowest BCUT2D eigenvalue weighted by Crippen LogP contribution is -1.99. The first-order valence-electron chi connectivity index (χ1n) is 4.32. The van der Waals surface area contributed by atoms with Gasteiger partial charge in [-0.25, -0.2) is 0 Å². The lowest BCUT2D eigenvalue weighted by atomic mass is 10.1. The van der Waals surface area contributed by atoms with Crippen LogP contribution in [0.25, 0.3) is 0 Å². The molecule has 0 saturated heterocycles. The monoisotopic (exact) mass is 426 g/mol. The molecule has 82 valence electrons. The fourth-order valence-electron chi connectivity index (χ4n) is 1.22. The van der Waals surface area contributed by atoms with Crippen molar-refractivity contribution in [3.63, 3.8) is 0 Å². The maximum atomic E-state index is 12.1. The second-order valence-corrected chi connectivity index (χ2v) is 6.40. The first-order valence-corrected chi connectivity index (χ1v) is 7.45. The molecular weight excluding hydrogens is 422 g/mol. The molecule has 16 heavy (non-hydrogen) atoms. The first-order chi connectivity index (χ1) is 7.59. The zero-order valence-electron chi connectivity index (χ0n) is 7.84.